The Balaban J connectivity index is 1.59. The van der Waals surface area contributed by atoms with E-state index in [1.807, 2.05) is 0 Å². The number of benzene rings is 1. The van der Waals surface area contributed by atoms with Crippen molar-refractivity contribution in [2.24, 2.45) is 7.05 Å². The lowest BCUT2D eigenvalue weighted by atomic mass is 9.98. The molecule has 1 aliphatic rings. The van der Waals surface area contributed by atoms with Crippen LogP contribution in [-0.4, -0.2) is 33.8 Å². The third-order valence-corrected chi connectivity index (χ3v) is 4.36. The summed E-state index contributed by atoms with van der Waals surface area (Å²) in [4.78, 5) is 16.5. The van der Waals surface area contributed by atoms with Gasteiger partial charge in [-0.3, -0.25) is 10.1 Å². The first-order valence-corrected chi connectivity index (χ1v) is 8.38. The molecule has 1 saturated heterocycles. The molecule has 1 aromatic carbocycles. The van der Waals surface area contributed by atoms with Crippen molar-refractivity contribution in [2.75, 3.05) is 18.4 Å². The molecular formula is C17H21F2N5O. The summed E-state index contributed by atoms with van der Waals surface area (Å²) in [5.41, 5.74) is 0.184. The lowest BCUT2D eigenvalue weighted by Gasteiger charge is -2.19. The van der Waals surface area contributed by atoms with Crippen LogP contribution in [0.25, 0.3) is 0 Å². The highest BCUT2D eigenvalue weighted by molar-refractivity contribution is 5.89. The number of amides is 1. The number of piperidine rings is 1. The summed E-state index contributed by atoms with van der Waals surface area (Å²) in [6.45, 7) is 1.87. The minimum atomic E-state index is -0.517. The highest BCUT2D eigenvalue weighted by Gasteiger charge is 2.21. The molecule has 0 atom stereocenters. The molecular weight excluding hydrogens is 328 g/mol. The second-order valence-electron chi connectivity index (χ2n) is 6.23. The molecule has 1 aliphatic heterocycles. The van der Waals surface area contributed by atoms with Gasteiger partial charge in [0, 0.05) is 19.4 Å². The molecule has 1 aromatic heterocycles. The quantitative estimate of drug-likeness (QED) is 0.867. The van der Waals surface area contributed by atoms with Crippen molar-refractivity contribution in [3.8, 4) is 0 Å². The predicted molar refractivity (Wildman–Crippen MR) is 89.2 cm³/mol. The molecule has 2 heterocycles. The SMILES string of the molecule is Cn1nc(C2CCNCC2)nc1NC(=O)CCc1cc(F)ccc1F. The molecule has 0 radical (unpaired) electrons. The Hall–Kier alpha value is -2.35. The van der Waals surface area contributed by atoms with Crippen LogP contribution in [0, 0.1) is 11.6 Å². The predicted octanol–water partition coefficient (Wildman–Crippen LogP) is 2.13. The number of nitrogens with one attached hydrogen (secondary N) is 2. The maximum Gasteiger partial charge on any atom is 0.227 e. The van der Waals surface area contributed by atoms with Crippen molar-refractivity contribution >= 4 is 11.9 Å². The van der Waals surface area contributed by atoms with Crippen LogP contribution in [0.5, 0.6) is 0 Å². The normalized spacial score (nSPS) is 15.3. The van der Waals surface area contributed by atoms with Crippen molar-refractivity contribution in [1.82, 2.24) is 20.1 Å². The summed E-state index contributed by atoms with van der Waals surface area (Å²) >= 11 is 0. The summed E-state index contributed by atoms with van der Waals surface area (Å²) in [6, 6.07) is 3.23. The van der Waals surface area contributed by atoms with Crippen LogP contribution in [-0.2, 0) is 18.3 Å². The summed E-state index contributed by atoms with van der Waals surface area (Å²) < 4.78 is 28.3. The first kappa shape index (κ1) is 17.5. The van der Waals surface area contributed by atoms with E-state index in [1.165, 1.54) is 4.68 Å². The Labute approximate surface area is 144 Å². The molecule has 3 rings (SSSR count). The third-order valence-electron chi connectivity index (χ3n) is 4.36. The molecule has 1 amide bonds. The van der Waals surface area contributed by atoms with Gasteiger partial charge in [-0.25, -0.2) is 13.5 Å². The molecule has 25 heavy (non-hydrogen) atoms. The van der Waals surface area contributed by atoms with Crippen molar-refractivity contribution in [3.05, 3.63) is 41.2 Å². The number of hydrogen-bond acceptors (Lipinski definition) is 4. The number of aryl methyl sites for hydroxylation is 2. The first-order chi connectivity index (χ1) is 12.0. The number of rotatable bonds is 5. The van der Waals surface area contributed by atoms with Gasteiger partial charge in [-0.15, -0.1) is 0 Å². The van der Waals surface area contributed by atoms with E-state index < -0.39 is 11.6 Å². The summed E-state index contributed by atoms with van der Waals surface area (Å²) in [5, 5.41) is 10.4. The number of aromatic nitrogens is 3. The standard InChI is InChI=1S/C17H21F2N5O/c1-24-17(22-16(23-24)11-6-8-20-9-7-11)21-15(25)5-2-12-10-13(18)3-4-14(12)19/h3-4,10-11,20H,2,5-9H2,1H3,(H,21,22,23,25). The van der Waals surface area contributed by atoms with Gasteiger partial charge < -0.3 is 5.32 Å². The molecule has 1 fully saturated rings. The Kier molecular flexibility index (Phi) is 5.37. The number of carbonyl (C=O) groups excluding carboxylic acids is 1. The topological polar surface area (TPSA) is 71.8 Å². The molecule has 0 aliphatic carbocycles. The number of nitrogens with zero attached hydrogens (tertiary/aromatic N) is 3. The van der Waals surface area contributed by atoms with Crippen LogP contribution in [0.3, 0.4) is 0 Å². The zero-order chi connectivity index (χ0) is 17.8. The van der Waals surface area contributed by atoms with Gasteiger partial charge in [-0.2, -0.15) is 10.1 Å². The van der Waals surface area contributed by atoms with E-state index in [0.29, 0.717) is 11.9 Å². The number of anilines is 1. The van der Waals surface area contributed by atoms with Gasteiger partial charge in [0.15, 0.2) is 5.82 Å². The zero-order valence-corrected chi connectivity index (χ0v) is 14.1. The van der Waals surface area contributed by atoms with Crippen molar-refractivity contribution in [3.63, 3.8) is 0 Å². The van der Waals surface area contributed by atoms with E-state index in [2.05, 4.69) is 20.7 Å². The largest absolute Gasteiger partial charge is 0.317 e. The van der Waals surface area contributed by atoms with E-state index in [1.54, 1.807) is 7.05 Å². The van der Waals surface area contributed by atoms with E-state index in [-0.39, 0.29) is 24.3 Å². The Morgan fingerprint density at radius 1 is 1.36 bits per heavy atom. The van der Waals surface area contributed by atoms with Gasteiger partial charge in [0.2, 0.25) is 11.9 Å². The monoisotopic (exact) mass is 349 g/mol. The molecule has 0 spiro atoms. The molecule has 0 bridgehead atoms. The zero-order valence-electron chi connectivity index (χ0n) is 14.1. The molecule has 2 N–H and O–H groups in total. The molecule has 2 aromatic rings. The average Bonchev–Trinajstić information content (AvgIpc) is 2.97. The average molecular weight is 349 g/mol. The lowest BCUT2D eigenvalue weighted by Crippen LogP contribution is -2.27. The minimum absolute atomic E-state index is 0.0376. The van der Waals surface area contributed by atoms with Crippen LogP contribution >= 0.6 is 0 Å². The third kappa shape index (κ3) is 4.39. The van der Waals surface area contributed by atoms with Gasteiger partial charge >= 0.3 is 0 Å². The highest BCUT2D eigenvalue weighted by Crippen LogP contribution is 2.23. The summed E-state index contributed by atoms with van der Waals surface area (Å²) in [7, 11) is 1.72. The second-order valence-corrected chi connectivity index (χ2v) is 6.23. The molecule has 0 saturated carbocycles. The van der Waals surface area contributed by atoms with Gasteiger partial charge in [-0.05, 0) is 56.1 Å². The molecule has 6 nitrogen and oxygen atoms in total. The molecule has 8 heteroatoms. The number of carbonyl (C=O) groups is 1. The van der Waals surface area contributed by atoms with Gasteiger partial charge in [0.05, 0.1) is 0 Å². The lowest BCUT2D eigenvalue weighted by molar-refractivity contribution is -0.116. The van der Waals surface area contributed by atoms with E-state index in [9.17, 15) is 13.6 Å². The minimum Gasteiger partial charge on any atom is -0.317 e. The highest BCUT2D eigenvalue weighted by atomic mass is 19.1. The van der Waals surface area contributed by atoms with Crippen LogP contribution < -0.4 is 10.6 Å². The van der Waals surface area contributed by atoms with Crippen LogP contribution in [0.2, 0.25) is 0 Å². The Morgan fingerprint density at radius 2 is 2.12 bits per heavy atom. The maximum atomic E-state index is 13.6. The van der Waals surface area contributed by atoms with Crippen molar-refractivity contribution < 1.29 is 13.6 Å². The fourth-order valence-electron chi connectivity index (χ4n) is 2.94. The Morgan fingerprint density at radius 3 is 2.88 bits per heavy atom. The van der Waals surface area contributed by atoms with Crippen LogP contribution in [0.15, 0.2) is 18.2 Å². The van der Waals surface area contributed by atoms with E-state index in [0.717, 1.165) is 50.0 Å². The van der Waals surface area contributed by atoms with Crippen LogP contribution in [0.4, 0.5) is 14.7 Å². The second kappa shape index (κ2) is 7.69. The smallest absolute Gasteiger partial charge is 0.227 e. The number of hydrogen-bond donors (Lipinski definition) is 2. The maximum absolute atomic E-state index is 13.6. The molecule has 0 unspecified atom stereocenters. The van der Waals surface area contributed by atoms with Crippen molar-refractivity contribution in [1.29, 1.82) is 0 Å². The van der Waals surface area contributed by atoms with Gasteiger partial charge in [0.25, 0.3) is 0 Å². The van der Waals surface area contributed by atoms with Crippen LogP contribution in [0.1, 0.15) is 36.6 Å². The number of halogens is 2. The first-order valence-electron chi connectivity index (χ1n) is 8.38. The van der Waals surface area contributed by atoms with Gasteiger partial charge in [0.1, 0.15) is 11.6 Å². The van der Waals surface area contributed by atoms with E-state index in [4.69, 9.17) is 0 Å². The summed E-state index contributed by atoms with van der Waals surface area (Å²) in [6.07, 6.45) is 2.09. The van der Waals surface area contributed by atoms with Crippen molar-refractivity contribution in [2.45, 2.75) is 31.6 Å². The molecule has 134 valence electrons. The van der Waals surface area contributed by atoms with Gasteiger partial charge in [-0.1, -0.05) is 0 Å². The summed E-state index contributed by atoms with van der Waals surface area (Å²) in [5.74, 6) is 0.0574. The van der Waals surface area contributed by atoms with E-state index >= 15 is 0 Å². The fourth-order valence-corrected chi connectivity index (χ4v) is 2.94. The Bertz CT molecular complexity index is 755. The fraction of sp³-hybridized carbons (Fsp3) is 0.471.